The van der Waals surface area contributed by atoms with Gasteiger partial charge in [0.25, 0.3) is 0 Å². The van der Waals surface area contributed by atoms with E-state index >= 15 is 0 Å². The topological polar surface area (TPSA) is 126 Å². The molecule has 9 nitrogen and oxygen atoms in total. The lowest BCUT2D eigenvalue weighted by Crippen LogP contribution is -2.32. The van der Waals surface area contributed by atoms with Crippen LogP contribution in [0.3, 0.4) is 0 Å². The van der Waals surface area contributed by atoms with Gasteiger partial charge < -0.3 is 15.4 Å². The fraction of sp³-hybridized carbons (Fsp3) is 0.0800. The third-order valence-electron chi connectivity index (χ3n) is 4.45. The lowest BCUT2D eigenvalue weighted by Gasteiger charge is -2.08. The maximum Gasteiger partial charge on any atom is 0.343 e. The highest BCUT2D eigenvalue weighted by Gasteiger charge is 2.14. The number of rotatable bonds is 6. The number of hydrazone groups is 1. The van der Waals surface area contributed by atoms with Gasteiger partial charge >= 0.3 is 17.8 Å². The van der Waals surface area contributed by atoms with Crippen molar-refractivity contribution in [2.75, 3.05) is 10.6 Å². The lowest BCUT2D eigenvalue weighted by molar-refractivity contribution is -0.136. The third kappa shape index (κ3) is 6.86. The first-order chi connectivity index (χ1) is 16.3. The molecule has 0 aliphatic rings. The second-order valence-electron chi connectivity index (χ2n) is 7.21. The van der Waals surface area contributed by atoms with Crippen molar-refractivity contribution in [1.82, 2.24) is 5.43 Å². The Morgan fingerprint density at radius 2 is 1.41 bits per heavy atom. The van der Waals surface area contributed by atoms with Gasteiger partial charge in [-0.25, -0.2) is 10.2 Å². The van der Waals surface area contributed by atoms with Gasteiger partial charge in [0.2, 0.25) is 5.91 Å². The molecule has 0 radical (unpaired) electrons. The Balaban J connectivity index is 1.57. The number of aryl methyl sites for hydroxylation is 1. The average molecular weight is 458 g/mol. The van der Waals surface area contributed by atoms with E-state index < -0.39 is 17.8 Å². The predicted octanol–water partition coefficient (Wildman–Crippen LogP) is 3.26. The van der Waals surface area contributed by atoms with Gasteiger partial charge in [-0.3, -0.25) is 14.4 Å². The first-order valence-electron chi connectivity index (χ1n) is 10.2. The van der Waals surface area contributed by atoms with Gasteiger partial charge in [-0.05, 0) is 55.5 Å². The predicted molar refractivity (Wildman–Crippen MR) is 128 cm³/mol. The first kappa shape index (κ1) is 23.9. The summed E-state index contributed by atoms with van der Waals surface area (Å²) in [6.45, 7) is 3.30. The number of para-hydroxylation sites is 1. The standard InChI is InChI=1S/C25H22N4O5/c1-16-7-9-18(10-8-16)25(33)34-22-6-4-3-5-19(22)15-26-29-24(32)23(31)28-21-13-11-20(12-14-21)27-17(2)30/h3-15H,1-2H3,(H,27,30)(H,28,31)(H,29,32)/b26-15+. The van der Waals surface area contributed by atoms with Gasteiger partial charge in [0.15, 0.2) is 0 Å². The minimum atomic E-state index is -0.990. The van der Waals surface area contributed by atoms with Crippen molar-refractivity contribution in [2.45, 2.75) is 13.8 Å². The fourth-order valence-electron chi connectivity index (χ4n) is 2.77. The van der Waals surface area contributed by atoms with Crippen molar-refractivity contribution in [2.24, 2.45) is 5.10 Å². The molecular formula is C25H22N4O5. The molecule has 3 N–H and O–H groups in total. The van der Waals surface area contributed by atoms with Crippen molar-refractivity contribution in [3.8, 4) is 5.75 Å². The Kier molecular flexibility index (Phi) is 7.85. The number of amides is 3. The van der Waals surface area contributed by atoms with E-state index in [0.717, 1.165) is 5.56 Å². The fourth-order valence-corrected chi connectivity index (χ4v) is 2.77. The smallest absolute Gasteiger partial charge is 0.343 e. The van der Waals surface area contributed by atoms with E-state index in [9.17, 15) is 19.2 Å². The molecule has 0 saturated heterocycles. The van der Waals surface area contributed by atoms with Gasteiger partial charge in [-0.1, -0.05) is 29.8 Å². The highest BCUT2D eigenvalue weighted by atomic mass is 16.5. The van der Waals surface area contributed by atoms with Crippen molar-refractivity contribution in [3.05, 3.63) is 89.5 Å². The van der Waals surface area contributed by atoms with E-state index in [4.69, 9.17) is 4.74 Å². The Morgan fingerprint density at radius 3 is 2.06 bits per heavy atom. The van der Waals surface area contributed by atoms with Crippen LogP contribution >= 0.6 is 0 Å². The molecular weight excluding hydrogens is 436 g/mol. The summed E-state index contributed by atoms with van der Waals surface area (Å²) < 4.78 is 5.44. The Labute approximate surface area is 195 Å². The van der Waals surface area contributed by atoms with Crippen molar-refractivity contribution in [3.63, 3.8) is 0 Å². The van der Waals surface area contributed by atoms with Crippen LogP contribution in [0.1, 0.15) is 28.4 Å². The molecule has 0 fully saturated rings. The van der Waals surface area contributed by atoms with Crippen LogP contribution in [0.25, 0.3) is 0 Å². The Morgan fingerprint density at radius 1 is 0.794 bits per heavy atom. The maximum absolute atomic E-state index is 12.4. The van der Waals surface area contributed by atoms with E-state index in [1.807, 2.05) is 19.1 Å². The molecule has 172 valence electrons. The second-order valence-corrected chi connectivity index (χ2v) is 7.21. The third-order valence-corrected chi connectivity index (χ3v) is 4.45. The largest absolute Gasteiger partial charge is 0.422 e. The van der Waals surface area contributed by atoms with Crippen LogP contribution < -0.4 is 20.8 Å². The molecule has 0 heterocycles. The molecule has 0 saturated carbocycles. The molecule has 0 unspecified atom stereocenters. The van der Waals surface area contributed by atoms with E-state index in [1.165, 1.54) is 13.1 Å². The van der Waals surface area contributed by atoms with Crippen LogP contribution in [-0.4, -0.2) is 29.9 Å². The molecule has 3 aromatic carbocycles. The monoisotopic (exact) mass is 458 g/mol. The number of ether oxygens (including phenoxy) is 1. The number of benzene rings is 3. The van der Waals surface area contributed by atoms with E-state index in [0.29, 0.717) is 22.5 Å². The van der Waals surface area contributed by atoms with Crippen LogP contribution in [0, 0.1) is 6.92 Å². The van der Waals surface area contributed by atoms with E-state index in [-0.39, 0.29) is 11.7 Å². The summed E-state index contributed by atoms with van der Waals surface area (Å²) in [5.74, 6) is -2.43. The molecule has 0 aliphatic carbocycles. The summed E-state index contributed by atoms with van der Waals surface area (Å²) in [6.07, 6.45) is 1.27. The minimum absolute atomic E-state index is 0.222. The molecule has 0 aliphatic heterocycles. The van der Waals surface area contributed by atoms with Crippen LogP contribution in [0.4, 0.5) is 11.4 Å². The summed E-state index contributed by atoms with van der Waals surface area (Å²) in [6, 6.07) is 19.8. The zero-order valence-electron chi connectivity index (χ0n) is 18.5. The van der Waals surface area contributed by atoms with Gasteiger partial charge in [0, 0.05) is 23.9 Å². The molecule has 3 rings (SSSR count). The summed E-state index contributed by atoms with van der Waals surface area (Å²) in [5.41, 5.74) is 4.90. The molecule has 9 heteroatoms. The number of hydrogen-bond donors (Lipinski definition) is 3. The summed E-state index contributed by atoms with van der Waals surface area (Å²) >= 11 is 0. The van der Waals surface area contributed by atoms with Crippen LogP contribution in [-0.2, 0) is 14.4 Å². The Hall–Kier alpha value is -4.79. The zero-order valence-corrected chi connectivity index (χ0v) is 18.5. The molecule has 34 heavy (non-hydrogen) atoms. The molecule has 0 aromatic heterocycles. The summed E-state index contributed by atoms with van der Waals surface area (Å²) in [4.78, 5) is 47.6. The molecule has 3 amide bonds. The number of esters is 1. The van der Waals surface area contributed by atoms with Crippen LogP contribution in [0.2, 0.25) is 0 Å². The molecule has 0 atom stereocenters. The summed E-state index contributed by atoms with van der Waals surface area (Å²) in [5, 5.41) is 8.80. The van der Waals surface area contributed by atoms with Gasteiger partial charge in [-0.15, -0.1) is 0 Å². The minimum Gasteiger partial charge on any atom is -0.422 e. The van der Waals surface area contributed by atoms with Gasteiger partial charge in [-0.2, -0.15) is 5.10 Å². The van der Waals surface area contributed by atoms with Gasteiger partial charge in [0.1, 0.15) is 5.75 Å². The first-order valence-corrected chi connectivity index (χ1v) is 10.2. The normalized spacial score (nSPS) is 10.4. The average Bonchev–Trinajstić information content (AvgIpc) is 2.81. The molecule has 0 spiro atoms. The molecule has 0 bridgehead atoms. The second kappa shape index (κ2) is 11.2. The van der Waals surface area contributed by atoms with E-state index in [1.54, 1.807) is 60.7 Å². The SMILES string of the molecule is CC(=O)Nc1ccc(NC(=O)C(=O)N/N=C/c2ccccc2OC(=O)c2ccc(C)cc2)cc1. The number of carbonyl (C=O) groups excluding carboxylic acids is 4. The van der Waals surface area contributed by atoms with Crippen molar-refractivity contribution < 1.29 is 23.9 Å². The number of nitrogens with one attached hydrogen (secondary N) is 3. The Bertz CT molecular complexity index is 1230. The molecule has 3 aromatic rings. The van der Waals surface area contributed by atoms with E-state index in [2.05, 4.69) is 21.2 Å². The van der Waals surface area contributed by atoms with Gasteiger partial charge in [0.05, 0.1) is 11.8 Å². The maximum atomic E-state index is 12.4. The number of hydrogen-bond acceptors (Lipinski definition) is 6. The highest BCUT2D eigenvalue weighted by Crippen LogP contribution is 2.18. The van der Waals surface area contributed by atoms with Crippen molar-refractivity contribution in [1.29, 1.82) is 0 Å². The quantitative estimate of drug-likeness (QED) is 0.172. The highest BCUT2D eigenvalue weighted by molar-refractivity contribution is 6.39. The lowest BCUT2D eigenvalue weighted by atomic mass is 10.1. The zero-order chi connectivity index (χ0) is 24.5. The van der Waals surface area contributed by atoms with Crippen molar-refractivity contribution >= 4 is 41.3 Å². The number of anilines is 2. The van der Waals surface area contributed by atoms with Crippen LogP contribution in [0.5, 0.6) is 5.75 Å². The summed E-state index contributed by atoms with van der Waals surface area (Å²) in [7, 11) is 0. The number of nitrogens with zero attached hydrogens (tertiary/aromatic N) is 1. The number of carbonyl (C=O) groups is 4. The van der Waals surface area contributed by atoms with Crippen LogP contribution in [0.15, 0.2) is 77.9 Å².